The second kappa shape index (κ2) is 11.0. The summed E-state index contributed by atoms with van der Waals surface area (Å²) >= 11 is 0. The highest BCUT2D eigenvalue weighted by molar-refractivity contribution is 5.54. The van der Waals surface area contributed by atoms with E-state index in [9.17, 15) is 4.39 Å². The van der Waals surface area contributed by atoms with E-state index >= 15 is 0 Å². The second-order valence-electron chi connectivity index (χ2n) is 7.99. The fourth-order valence-electron chi connectivity index (χ4n) is 3.96. The Morgan fingerprint density at radius 2 is 1.61 bits per heavy atom. The lowest BCUT2D eigenvalue weighted by Crippen LogP contribution is -2.13. The van der Waals surface area contributed by atoms with Crippen LogP contribution in [-0.2, 0) is 0 Å². The molecule has 0 N–H and O–H groups in total. The molecular weight excluding hydrogens is 347 g/mol. The van der Waals surface area contributed by atoms with Crippen molar-refractivity contribution in [3.05, 3.63) is 48.0 Å². The molecule has 1 aliphatic carbocycles. The zero-order valence-electron chi connectivity index (χ0n) is 17.0. The average Bonchev–Trinajstić information content (AvgIpc) is 2.74. The smallest absolute Gasteiger partial charge is 0.159 e. The van der Waals surface area contributed by atoms with Crippen molar-refractivity contribution in [1.82, 2.24) is 9.97 Å². The standard InChI is InChI=1S/C25H31FN2/c1-2-3-4-5-6-7-20-8-10-21(11-9-20)12-13-22-18-27-25(28-19-22)23-14-16-24(26)17-15-23/h14-21H,2-11H2,1H3. The lowest BCUT2D eigenvalue weighted by molar-refractivity contribution is 0.294. The minimum atomic E-state index is -0.252. The van der Waals surface area contributed by atoms with Crippen LogP contribution >= 0.6 is 0 Å². The van der Waals surface area contributed by atoms with E-state index in [1.165, 1.54) is 76.3 Å². The third kappa shape index (κ3) is 6.44. The zero-order chi connectivity index (χ0) is 19.6. The molecule has 0 spiro atoms. The number of aromatic nitrogens is 2. The van der Waals surface area contributed by atoms with Gasteiger partial charge in [-0.15, -0.1) is 0 Å². The van der Waals surface area contributed by atoms with Crippen LogP contribution < -0.4 is 0 Å². The van der Waals surface area contributed by atoms with Crippen LogP contribution in [0.4, 0.5) is 4.39 Å². The van der Waals surface area contributed by atoms with E-state index in [1.54, 1.807) is 24.5 Å². The van der Waals surface area contributed by atoms with E-state index in [-0.39, 0.29) is 5.82 Å². The van der Waals surface area contributed by atoms with Gasteiger partial charge in [-0.2, -0.15) is 0 Å². The second-order valence-corrected chi connectivity index (χ2v) is 7.99. The summed E-state index contributed by atoms with van der Waals surface area (Å²) in [5.41, 5.74) is 1.66. The number of hydrogen-bond donors (Lipinski definition) is 0. The number of benzene rings is 1. The molecule has 0 radical (unpaired) electrons. The first-order valence-corrected chi connectivity index (χ1v) is 10.8. The summed E-state index contributed by atoms with van der Waals surface area (Å²) < 4.78 is 13.0. The summed E-state index contributed by atoms with van der Waals surface area (Å²) in [5, 5.41) is 0. The molecule has 0 saturated heterocycles. The molecule has 1 aliphatic rings. The van der Waals surface area contributed by atoms with Gasteiger partial charge in [0.25, 0.3) is 0 Å². The van der Waals surface area contributed by atoms with Gasteiger partial charge in [0.1, 0.15) is 5.82 Å². The fraction of sp³-hybridized carbons (Fsp3) is 0.520. The summed E-state index contributed by atoms with van der Waals surface area (Å²) in [6.07, 6.45) is 17.0. The molecular formula is C25H31FN2. The summed E-state index contributed by atoms with van der Waals surface area (Å²) in [6.45, 7) is 2.27. The molecule has 3 rings (SSSR count). The monoisotopic (exact) mass is 378 g/mol. The van der Waals surface area contributed by atoms with Crippen LogP contribution in [0.15, 0.2) is 36.7 Å². The molecule has 1 fully saturated rings. The Morgan fingerprint density at radius 3 is 2.29 bits per heavy atom. The van der Waals surface area contributed by atoms with Crippen molar-refractivity contribution >= 4 is 0 Å². The van der Waals surface area contributed by atoms with Gasteiger partial charge in [-0.05, 0) is 55.9 Å². The largest absolute Gasteiger partial charge is 0.235 e. The lowest BCUT2D eigenvalue weighted by Gasteiger charge is -2.25. The van der Waals surface area contributed by atoms with Crippen molar-refractivity contribution in [3.63, 3.8) is 0 Å². The zero-order valence-corrected chi connectivity index (χ0v) is 17.0. The Balaban J connectivity index is 1.44. The Morgan fingerprint density at radius 1 is 0.929 bits per heavy atom. The molecule has 0 aliphatic heterocycles. The van der Waals surface area contributed by atoms with Crippen molar-refractivity contribution < 1.29 is 4.39 Å². The predicted molar refractivity (Wildman–Crippen MR) is 113 cm³/mol. The van der Waals surface area contributed by atoms with Crippen LogP contribution in [0.3, 0.4) is 0 Å². The molecule has 0 atom stereocenters. The Bertz CT molecular complexity index is 763. The van der Waals surface area contributed by atoms with Gasteiger partial charge in [0, 0.05) is 23.9 Å². The van der Waals surface area contributed by atoms with E-state index in [1.807, 2.05) is 0 Å². The van der Waals surface area contributed by atoms with E-state index in [0.717, 1.165) is 17.0 Å². The SMILES string of the molecule is CCCCCCCC1CCC(C#Cc2cnc(-c3ccc(F)cc3)nc2)CC1. The van der Waals surface area contributed by atoms with E-state index in [2.05, 4.69) is 28.7 Å². The summed E-state index contributed by atoms with van der Waals surface area (Å²) in [7, 11) is 0. The maximum atomic E-state index is 13.0. The van der Waals surface area contributed by atoms with Crippen molar-refractivity contribution in [2.75, 3.05) is 0 Å². The molecule has 0 bridgehead atoms. The van der Waals surface area contributed by atoms with Crippen LogP contribution in [0.5, 0.6) is 0 Å². The minimum absolute atomic E-state index is 0.252. The van der Waals surface area contributed by atoms with Crippen molar-refractivity contribution in [2.45, 2.75) is 71.1 Å². The molecule has 1 heterocycles. The minimum Gasteiger partial charge on any atom is -0.235 e. The van der Waals surface area contributed by atoms with Crippen LogP contribution in [0, 0.1) is 29.5 Å². The van der Waals surface area contributed by atoms with Crippen LogP contribution in [0.2, 0.25) is 0 Å². The highest BCUT2D eigenvalue weighted by atomic mass is 19.1. The maximum absolute atomic E-state index is 13.0. The quantitative estimate of drug-likeness (QED) is 0.391. The topological polar surface area (TPSA) is 25.8 Å². The van der Waals surface area contributed by atoms with Gasteiger partial charge in [-0.25, -0.2) is 14.4 Å². The molecule has 2 aromatic rings. The van der Waals surface area contributed by atoms with E-state index < -0.39 is 0 Å². The normalized spacial score (nSPS) is 19.1. The van der Waals surface area contributed by atoms with Gasteiger partial charge in [0.2, 0.25) is 0 Å². The summed E-state index contributed by atoms with van der Waals surface area (Å²) in [6, 6.07) is 6.23. The molecule has 3 heteroatoms. The van der Waals surface area contributed by atoms with Gasteiger partial charge in [0.15, 0.2) is 5.82 Å². The molecule has 2 nitrogen and oxygen atoms in total. The third-order valence-electron chi connectivity index (χ3n) is 5.74. The van der Waals surface area contributed by atoms with Crippen molar-refractivity contribution in [2.24, 2.45) is 11.8 Å². The molecule has 148 valence electrons. The van der Waals surface area contributed by atoms with Gasteiger partial charge < -0.3 is 0 Å². The number of halogens is 1. The van der Waals surface area contributed by atoms with Gasteiger partial charge in [-0.3, -0.25) is 0 Å². The molecule has 0 amide bonds. The van der Waals surface area contributed by atoms with Crippen molar-refractivity contribution in [1.29, 1.82) is 0 Å². The molecule has 28 heavy (non-hydrogen) atoms. The average molecular weight is 379 g/mol. The maximum Gasteiger partial charge on any atom is 0.159 e. The third-order valence-corrected chi connectivity index (χ3v) is 5.74. The first-order valence-electron chi connectivity index (χ1n) is 10.8. The van der Waals surface area contributed by atoms with Crippen LogP contribution in [0.1, 0.15) is 76.7 Å². The Kier molecular flexibility index (Phi) is 8.03. The molecule has 1 aromatic heterocycles. The highest BCUT2D eigenvalue weighted by Gasteiger charge is 2.19. The van der Waals surface area contributed by atoms with E-state index in [0.29, 0.717) is 11.7 Å². The Hall–Kier alpha value is -2.21. The fourth-order valence-corrected chi connectivity index (χ4v) is 3.96. The predicted octanol–water partition coefficient (Wildman–Crippen LogP) is 6.80. The summed E-state index contributed by atoms with van der Waals surface area (Å²) in [5.74, 6) is 8.45. The summed E-state index contributed by atoms with van der Waals surface area (Å²) in [4.78, 5) is 8.75. The van der Waals surface area contributed by atoms with Gasteiger partial charge in [0.05, 0.1) is 5.56 Å². The highest BCUT2D eigenvalue weighted by Crippen LogP contribution is 2.31. The first-order chi connectivity index (χ1) is 13.7. The van der Waals surface area contributed by atoms with Crippen molar-refractivity contribution in [3.8, 4) is 23.2 Å². The number of unbranched alkanes of at least 4 members (excludes halogenated alkanes) is 4. The molecule has 1 aromatic carbocycles. The van der Waals surface area contributed by atoms with Gasteiger partial charge >= 0.3 is 0 Å². The number of rotatable bonds is 7. The van der Waals surface area contributed by atoms with Crippen LogP contribution in [-0.4, -0.2) is 9.97 Å². The van der Waals surface area contributed by atoms with Crippen LogP contribution in [0.25, 0.3) is 11.4 Å². The molecule has 1 saturated carbocycles. The Labute approximate surface area is 169 Å². The van der Waals surface area contributed by atoms with E-state index in [4.69, 9.17) is 0 Å². The van der Waals surface area contributed by atoms with Gasteiger partial charge in [-0.1, -0.05) is 57.3 Å². The number of nitrogens with zero attached hydrogens (tertiary/aromatic N) is 2. The molecule has 0 unspecified atom stereocenters. The number of hydrogen-bond acceptors (Lipinski definition) is 2. The first kappa shape index (κ1) is 20.5. The lowest BCUT2D eigenvalue weighted by atomic mass is 9.80.